The van der Waals surface area contributed by atoms with Crippen LogP contribution < -0.4 is 21.9 Å². The third kappa shape index (κ3) is 3.60. The zero-order valence-electron chi connectivity index (χ0n) is 11.8. The summed E-state index contributed by atoms with van der Waals surface area (Å²) >= 11 is 0. The average Bonchev–Trinajstić information content (AvgIpc) is 2.22. The zero-order valence-corrected chi connectivity index (χ0v) is 11.8. The Labute approximate surface area is 111 Å². The molecule has 1 rings (SSSR count). The summed E-state index contributed by atoms with van der Waals surface area (Å²) in [6.07, 6.45) is -0.603. The van der Waals surface area contributed by atoms with Crippen molar-refractivity contribution in [3.05, 3.63) is 20.8 Å². The number of aliphatic hydroxyl groups excluding tert-OH is 1. The van der Waals surface area contributed by atoms with E-state index < -0.39 is 17.4 Å². The minimum Gasteiger partial charge on any atom is -0.392 e. The molecule has 0 saturated heterocycles. The molecule has 4 N–H and O–H groups in total. The first-order valence-electron chi connectivity index (χ1n) is 6.25. The van der Waals surface area contributed by atoms with E-state index in [0.717, 1.165) is 0 Å². The van der Waals surface area contributed by atoms with Crippen LogP contribution in [0.15, 0.2) is 9.59 Å². The van der Waals surface area contributed by atoms with Gasteiger partial charge in [0.2, 0.25) is 0 Å². The van der Waals surface area contributed by atoms with Gasteiger partial charge in [0, 0.05) is 20.1 Å². The smallest absolute Gasteiger partial charge is 0.330 e. The number of aromatic amines is 1. The molecule has 1 heterocycles. The molecule has 0 saturated carbocycles. The van der Waals surface area contributed by atoms with Gasteiger partial charge in [0.15, 0.2) is 0 Å². The summed E-state index contributed by atoms with van der Waals surface area (Å²) in [5, 5.41) is 9.37. The van der Waals surface area contributed by atoms with Crippen molar-refractivity contribution in [2.75, 3.05) is 24.2 Å². The van der Waals surface area contributed by atoms with Crippen molar-refractivity contribution in [1.29, 1.82) is 0 Å². The highest BCUT2D eigenvalue weighted by Gasteiger charge is 2.17. The number of hydrogen-bond acceptors (Lipinski definition) is 5. The maximum absolute atomic E-state index is 11.8. The third-order valence-corrected chi connectivity index (χ3v) is 2.68. The molecule has 0 fully saturated rings. The van der Waals surface area contributed by atoms with Crippen LogP contribution in [0.3, 0.4) is 0 Å². The summed E-state index contributed by atoms with van der Waals surface area (Å²) in [7, 11) is 1.65. The lowest BCUT2D eigenvalue weighted by molar-refractivity contribution is 0.201. The van der Waals surface area contributed by atoms with Gasteiger partial charge < -0.3 is 15.7 Å². The fraction of sp³-hybridized carbons (Fsp3) is 0.667. The second kappa shape index (κ2) is 5.92. The van der Waals surface area contributed by atoms with Crippen molar-refractivity contribution in [3.8, 4) is 0 Å². The van der Waals surface area contributed by atoms with Crippen molar-refractivity contribution >= 4 is 11.5 Å². The highest BCUT2D eigenvalue weighted by Crippen LogP contribution is 2.16. The van der Waals surface area contributed by atoms with Crippen LogP contribution in [0, 0.1) is 5.92 Å². The van der Waals surface area contributed by atoms with E-state index in [9.17, 15) is 14.7 Å². The Hall–Kier alpha value is -1.76. The number of nitrogens with two attached hydrogens (primary N) is 1. The molecule has 0 aliphatic rings. The number of aromatic nitrogens is 2. The molecule has 1 unspecified atom stereocenters. The third-order valence-electron chi connectivity index (χ3n) is 2.68. The highest BCUT2D eigenvalue weighted by molar-refractivity contribution is 5.62. The number of H-pyrrole nitrogens is 1. The second-order valence-corrected chi connectivity index (χ2v) is 5.23. The zero-order chi connectivity index (χ0) is 14.7. The maximum atomic E-state index is 11.8. The lowest BCUT2D eigenvalue weighted by atomic mass is 10.2. The molecular weight excluding hydrogens is 248 g/mol. The molecule has 0 bridgehead atoms. The molecule has 1 aromatic heterocycles. The Kier molecular flexibility index (Phi) is 4.77. The number of nitrogens with one attached hydrogen (secondary N) is 1. The topological polar surface area (TPSA) is 104 Å². The Balaban J connectivity index is 3.32. The van der Waals surface area contributed by atoms with Crippen LogP contribution in [0.25, 0.3) is 0 Å². The monoisotopic (exact) mass is 270 g/mol. The SMILES string of the molecule is CC(C)Cn1c(N)c(N(C)CC(C)O)c(=O)[nH]c1=O. The lowest BCUT2D eigenvalue weighted by Crippen LogP contribution is -2.39. The largest absolute Gasteiger partial charge is 0.392 e. The molecule has 0 aromatic carbocycles. The van der Waals surface area contributed by atoms with Gasteiger partial charge >= 0.3 is 5.69 Å². The molecule has 0 radical (unpaired) electrons. The summed E-state index contributed by atoms with van der Waals surface area (Å²) in [5.74, 6) is 0.353. The van der Waals surface area contributed by atoms with Crippen molar-refractivity contribution in [2.45, 2.75) is 33.4 Å². The minimum absolute atomic E-state index is 0.130. The number of hydrogen-bond donors (Lipinski definition) is 3. The van der Waals surface area contributed by atoms with Crippen molar-refractivity contribution < 1.29 is 5.11 Å². The quantitative estimate of drug-likeness (QED) is 0.675. The number of anilines is 2. The van der Waals surface area contributed by atoms with Crippen LogP contribution in [0.5, 0.6) is 0 Å². The van der Waals surface area contributed by atoms with E-state index in [1.165, 1.54) is 4.57 Å². The fourth-order valence-corrected chi connectivity index (χ4v) is 1.98. The van der Waals surface area contributed by atoms with E-state index >= 15 is 0 Å². The van der Waals surface area contributed by atoms with E-state index in [0.29, 0.717) is 6.54 Å². The van der Waals surface area contributed by atoms with Crippen molar-refractivity contribution in [1.82, 2.24) is 9.55 Å². The first kappa shape index (κ1) is 15.3. The lowest BCUT2D eigenvalue weighted by Gasteiger charge is -2.23. The summed E-state index contributed by atoms with van der Waals surface area (Å²) in [6, 6.07) is 0. The van der Waals surface area contributed by atoms with Crippen LogP contribution in [-0.4, -0.2) is 34.4 Å². The van der Waals surface area contributed by atoms with Crippen LogP contribution in [0.1, 0.15) is 20.8 Å². The standard InChI is InChI=1S/C12H22N4O3/c1-7(2)5-16-10(13)9(11(18)14-12(16)19)15(4)6-8(3)17/h7-8,17H,5-6,13H2,1-4H3,(H,14,18,19). The molecule has 7 heteroatoms. The molecule has 0 aliphatic carbocycles. The van der Waals surface area contributed by atoms with Crippen LogP contribution in [0.2, 0.25) is 0 Å². The van der Waals surface area contributed by atoms with Crippen LogP contribution in [0.4, 0.5) is 11.5 Å². The molecule has 108 valence electrons. The second-order valence-electron chi connectivity index (χ2n) is 5.23. The molecule has 0 aliphatic heterocycles. The first-order chi connectivity index (χ1) is 8.73. The van der Waals surface area contributed by atoms with Gasteiger partial charge in [-0.3, -0.25) is 14.3 Å². The average molecular weight is 270 g/mol. The van der Waals surface area contributed by atoms with Gasteiger partial charge in [-0.1, -0.05) is 13.8 Å². The van der Waals surface area contributed by atoms with Gasteiger partial charge in [0.1, 0.15) is 11.5 Å². The maximum Gasteiger partial charge on any atom is 0.330 e. The summed E-state index contributed by atoms with van der Waals surface area (Å²) in [5.41, 5.74) is 5.09. The minimum atomic E-state index is -0.603. The Morgan fingerprint density at radius 2 is 1.95 bits per heavy atom. The predicted octanol–water partition coefficient (Wildman–Crippen LogP) is -0.408. The van der Waals surface area contributed by atoms with Crippen molar-refractivity contribution in [2.24, 2.45) is 5.92 Å². The normalized spacial score (nSPS) is 12.7. The summed E-state index contributed by atoms with van der Waals surface area (Å²) in [6.45, 7) is 6.21. The van der Waals surface area contributed by atoms with E-state index in [4.69, 9.17) is 5.73 Å². The van der Waals surface area contributed by atoms with Gasteiger partial charge in [-0.15, -0.1) is 0 Å². The Morgan fingerprint density at radius 1 is 1.37 bits per heavy atom. The van der Waals surface area contributed by atoms with E-state index in [1.54, 1.807) is 18.9 Å². The van der Waals surface area contributed by atoms with Gasteiger partial charge in [-0.2, -0.15) is 0 Å². The van der Waals surface area contributed by atoms with E-state index in [1.807, 2.05) is 13.8 Å². The highest BCUT2D eigenvalue weighted by atomic mass is 16.3. The van der Waals surface area contributed by atoms with Crippen LogP contribution in [-0.2, 0) is 6.54 Å². The number of rotatable bonds is 5. The Morgan fingerprint density at radius 3 is 2.42 bits per heavy atom. The number of nitrogens with zero attached hydrogens (tertiary/aromatic N) is 2. The predicted molar refractivity (Wildman–Crippen MR) is 75.5 cm³/mol. The van der Waals surface area contributed by atoms with E-state index in [-0.39, 0.29) is 24.0 Å². The van der Waals surface area contributed by atoms with Crippen molar-refractivity contribution in [3.63, 3.8) is 0 Å². The summed E-state index contributed by atoms with van der Waals surface area (Å²) in [4.78, 5) is 27.4. The molecule has 1 atom stereocenters. The van der Waals surface area contributed by atoms with Gasteiger partial charge in [-0.05, 0) is 12.8 Å². The van der Waals surface area contributed by atoms with Gasteiger partial charge in [0.05, 0.1) is 6.10 Å². The molecule has 0 amide bonds. The first-order valence-corrected chi connectivity index (χ1v) is 6.25. The van der Waals surface area contributed by atoms with Crippen LogP contribution >= 0.6 is 0 Å². The van der Waals surface area contributed by atoms with Gasteiger partial charge in [-0.25, -0.2) is 4.79 Å². The number of nitrogen functional groups attached to an aromatic ring is 1. The van der Waals surface area contributed by atoms with E-state index in [2.05, 4.69) is 4.98 Å². The summed E-state index contributed by atoms with van der Waals surface area (Å²) < 4.78 is 1.35. The fourth-order valence-electron chi connectivity index (χ4n) is 1.98. The molecule has 1 aromatic rings. The number of aliphatic hydroxyl groups is 1. The number of likely N-dealkylation sites (N-methyl/N-ethyl adjacent to an activating group) is 1. The van der Waals surface area contributed by atoms with Gasteiger partial charge in [0.25, 0.3) is 5.56 Å². The molecule has 0 spiro atoms. The molecule has 19 heavy (non-hydrogen) atoms. The Bertz CT molecular complexity index is 545. The molecular formula is C12H22N4O3. The molecule has 7 nitrogen and oxygen atoms in total.